The number of nitrogens with one attached hydrogen (secondary N) is 1. The molecule has 7 heteroatoms. The van der Waals surface area contributed by atoms with Crippen LogP contribution in [0.2, 0.25) is 0 Å². The van der Waals surface area contributed by atoms with E-state index >= 15 is 0 Å². The van der Waals surface area contributed by atoms with E-state index in [1.807, 2.05) is 0 Å². The van der Waals surface area contributed by atoms with Crippen molar-refractivity contribution in [2.75, 3.05) is 51.3 Å². The normalized spacial score (nSPS) is 18.4. The highest BCUT2D eigenvalue weighted by Crippen LogP contribution is 2.29. The van der Waals surface area contributed by atoms with E-state index in [4.69, 9.17) is 9.84 Å². The third kappa shape index (κ3) is 3.05. The molecule has 1 aromatic rings. The summed E-state index contributed by atoms with van der Waals surface area (Å²) in [5.41, 5.74) is 1.08. The molecular formula is C15H19N3O4. The van der Waals surface area contributed by atoms with E-state index in [2.05, 4.69) is 10.2 Å². The van der Waals surface area contributed by atoms with Gasteiger partial charge in [-0.1, -0.05) is 0 Å². The van der Waals surface area contributed by atoms with E-state index in [-0.39, 0.29) is 25.0 Å². The zero-order valence-corrected chi connectivity index (χ0v) is 12.2. The molecule has 0 bridgehead atoms. The number of anilines is 1. The van der Waals surface area contributed by atoms with Crippen LogP contribution in [-0.2, 0) is 4.79 Å². The first kappa shape index (κ1) is 14.8. The lowest BCUT2D eigenvalue weighted by molar-refractivity contribution is -0.118. The summed E-state index contributed by atoms with van der Waals surface area (Å²) >= 11 is 0. The molecule has 22 heavy (non-hydrogen) atoms. The van der Waals surface area contributed by atoms with Crippen molar-refractivity contribution in [1.29, 1.82) is 0 Å². The summed E-state index contributed by atoms with van der Waals surface area (Å²) in [6, 6.07) is 5.09. The van der Waals surface area contributed by atoms with Crippen molar-refractivity contribution in [3.05, 3.63) is 23.8 Å². The number of carbonyl (C=O) groups excluding carboxylic acids is 2. The SMILES string of the molecule is O=C1COc2ccc(C(=O)N3CCN(CCO)CC3)cc2N1. The molecule has 2 aliphatic heterocycles. The lowest BCUT2D eigenvalue weighted by atomic mass is 10.1. The number of aliphatic hydroxyl groups is 1. The molecule has 2 heterocycles. The Bertz CT molecular complexity index is 582. The number of rotatable bonds is 3. The monoisotopic (exact) mass is 305 g/mol. The minimum Gasteiger partial charge on any atom is -0.482 e. The van der Waals surface area contributed by atoms with Gasteiger partial charge in [0.05, 0.1) is 12.3 Å². The first-order chi connectivity index (χ1) is 10.7. The highest BCUT2D eigenvalue weighted by molar-refractivity contribution is 5.99. The van der Waals surface area contributed by atoms with Crippen LogP contribution in [-0.4, -0.2) is 72.7 Å². The van der Waals surface area contributed by atoms with Gasteiger partial charge in [0.15, 0.2) is 6.61 Å². The first-order valence-corrected chi connectivity index (χ1v) is 7.36. The second-order valence-electron chi connectivity index (χ2n) is 5.41. The van der Waals surface area contributed by atoms with Gasteiger partial charge in [0.1, 0.15) is 5.75 Å². The van der Waals surface area contributed by atoms with Crippen LogP contribution < -0.4 is 10.1 Å². The van der Waals surface area contributed by atoms with Gasteiger partial charge in [0.2, 0.25) is 0 Å². The third-order valence-corrected chi connectivity index (χ3v) is 3.94. The summed E-state index contributed by atoms with van der Waals surface area (Å²) in [5, 5.41) is 11.6. The van der Waals surface area contributed by atoms with Crippen LogP contribution in [0.1, 0.15) is 10.4 Å². The molecule has 0 saturated carbocycles. The highest BCUT2D eigenvalue weighted by atomic mass is 16.5. The molecule has 2 amide bonds. The summed E-state index contributed by atoms with van der Waals surface area (Å²) < 4.78 is 5.29. The summed E-state index contributed by atoms with van der Waals surface area (Å²) in [5.74, 6) is 0.324. The first-order valence-electron chi connectivity index (χ1n) is 7.36. The molecule has 118 valence electrons. The van der Waals surface area contributed by atoms with Gasteiger partial charge in [-0.05, 0) is 18.2 Å². The van der Waals surface area contributed by atoms with Crippen molar-refractivity contribution in [2.45, 2.75) is 0 Å². The Balaban J connectivity index is 1.68. The number of aliphatic hydroxyl groups excluding tert-OH is 1. The molecule has 0 spiro atoms. The van der Waals surface area contributed by atoms with Gasteiger partial charge in [-0.25, -0.2) is 0 Å². The van der Waals surface area contributed by atoms with Gasteiger partial charge in [-0.3, -0.25) is 14.5 Å². The maximum Gasteiger partial charge on any atom is 0.262 e. The lowest BCUT2D eigenvalue weighted by Gasteiger charge is -2.34. The van der Waals surface area contributed by atoms with E-state index in [1.54, 1.807) is 23.1 Å². The average molecular weight is 305 g/mol. The molecule has 0 radical (unpaired) electrons. The number of hydrogen-bond acceptors (Lipinski definition) is 5. The van der Waals surface area contributed by atoms with Crippen LogP contribution in [0.3, 0.4) is 0 Å². The molecule has 3 rings (SSSR count). The molecular weight excluding hydrogens is 286 g/mol. The third-order valence-electron chi connectivity index (χ3n) is 3.94. The average Bonchev–Trinajstić information content (AvgIpc) is 2.54. The number of β-amino-alcohol motifs (C(OH)–C–C–N with tert-alkyl or cyclic N) is 1. The number of hydrogen-bond donors (Lipinski definition) is 2. The highest BCUT2D eigenvalue weighted by Gasteiger charge is 2.23. The smallest absolute Gasteiger partial charge is 0.262 e. The van der Waals surface area contributed by atoms with Crippen molar-refractivity contribution < 1.29 is 19.4 Å². The van der Waals surface area contributed by atoms with E-state index in [9.17, 15) is 9.59 Å². The summed E-state index contributed by atoms with van der Waals surface area (Å²) in [6.07, 6.45) is 0. The molecule has 0 aromatic heterocycles. The van der Waals surface area contributed by atoms with Gasteiger partial charge in [0.25, 0.3) is 11.8 Å². The molecule has 7 nitrogen and oxygen atoms in total. The van der Waals surface area contributed by atoms with Crippen LogP contribution in [0.15, 0.2) is 18.2 Å². The van der Waals surface area contributed by atoms with E-state index < -0.39 is 0 Å². The van der Waals surface area contributed by atoms with Crippen LogP contribution in [0.5, 0.6) is 5.75 Å². The molecule has 1 saturated heterocycles. The van der Waals surface area contributed by atoms with E-state index in [0.29, 0.717) is 36.6 Å². The van der Waals surface area contributed by atoms with Crippen molar-refractivity contribution in [2.24, 2.45) is 0 Å². The van der Waals surface area contributed by atoms with Crippen LogP contribution in [0.4, 0.5) is 5.69 Å². The summed E-state index contributed by atoms with van der Waals surface area (Å²) in [6.45, 7) is 3.58. The van der Waals surface area contributed by atoms with E-state index in [1.165, 1.54) is 0 Å². The Hall–Kier alpha value is -2.12. The second-order valence-corrected chi connectivity index (χ2v) is 5.41. The minimum absolute atomic E-state index is 0.00705. The molecule has 0 unspecified atom stereocenters. The fourth-order valence-electron chi connectivity index (χ4n) is 2.71. The van der Waals surface area contributed by atoms with Gasteiger partial charge < -0.3 is 20.1 Å². The van der Waals surface area contributed by atoms with Gasteiger partial charge in [-0.2, -0.15) is 0 Å². The number of nitrogens with zero attached hydrogens (tertiary/aromatic N) is 2. The quantitative estimate of drug-likeness (QED) is 0.806. The van der Waals surface area contributed by atoms with Gasteiger partial charge >= 0.3 is 0 Å². The Morgan fingerprint density at radius 1 is 1.27 bits per heavy atom. The molecule has 1 aromatic carbocycles. The second kappa shape index (κ2) is 6.33. The predicted octanol–water partition coefficient (Wildman–Crippen LogP) is -0.232. The summed E-state index contributed by atoms with van der Waals surface area (Å²) in [4.78, 5) is 27.8. The maximum absolute atomic E-state index is 12.5. The molecule has 0 atom stereocenters. The van der Waals surface area contributed by atoms with Crippen molar-refractivity contribution in [1.82, 2.24) is 9.80 Å². The molecule has 2 aliphatic rings. The largest absolute Gasteiger partial charge is 0.482 e. The Morgan fingerprint density at radius 2 is 2.05 bits per heavy atom. The summed E-state index contributed by atoms with van der Waals surface area (Å²) in [7, 11) is 0. The number of ether oxygens (including phenoxy) is 1. The van der Waals surface area contributed by atoms with Crippen LogP contribution in [0.25, 0.3) is 0 Å². The molecule has 2 N–H and O–H groups in total. The van der Waals surface area contributed by atoms with Crippen molar-refractivity contribution in [3.63, 3.8) is 0 Å². The fraction of sp³-hybridized carbons (Fsp3) is 0.467. The topological polar surface area (TPSA) is 82.1 Å². The van der Waals surface area contributed by atoms with Crippen molar-refractivity contribution in [3.8, 4) is 5.75 Å². The zero-order chi connectivity index (χ0) is 15.5. The Kier molecular flexibility index (Phi) is 4.26. The minimum atomic E-state index is -0.213. The fourth-order valence-corrected chi connectivity index (χ4v) is 2.71. The molecule has 0 aliphatic carbocycles. The Labute approximate surface area is 128 Å². The predicted molar refractivity (Wildman–Crippen MR) is 80.0 cm³/mol. The van der Waals surface area contributed by atoms with E-state index in [0.717, 1.165) is 13.1 Å². The lowest BCUT2D eigenvalue weighted by Crippen LogP contribution is -2.49. The van der Waals surface area contributed by atoms with Crippen LogP contribution >= 0.6 is 0 Å². The maximum atomic E-state index is 12.5. The van der Waals surface area contributed by atoms with Crippen molar-refractivity contribution >= 4 is 17.5 Å². The van der Waals surface area contributed by atoms with Gasteiger partial charge in [-0.15, -0.1) is 0 Å². The zero-order valence-electron chi connectivity index (χ0n) is 12.2. The Morgan fingerprint density at radius 3 is 2.77 bits per heavy atom. The number of amides is 2. The standard InChI is InChI=1S/C15H19N3O4/c19-8-7-17-3-5-18(6-4-17)15(21)11-1-2-13-12(9-11)16-14(20)10-22-13/h1-2,9,19H,3-8,10H2,(H,16,20). The number of piperazine rings is 1. The number of fused-ring (bicyclic) bond motifs is 1. The number of carbonyl (C=O) groups is 2. The van der Waals surface area contributed by atoms with Gasteiger partial charge in [0, 0.05) is 38.3 Å². The van der Waals surface area contributed by atoms with Crippen LogP contribution in [0, 0.1) is 0 Å². The number of benzene rings is 1. The molecule has 1 fully saturated rings.